The second-order valence-corrected chi connectivity index (χ2v) is 5.10. The Morgan fingerprint density at radius 2 is 2.31 bits per heavy atom. The summed E-state index contributed by atoms with van der Waals surface area (Å²) in [6, 6.07) is 0.678. The van der Waals surface area contributed by atoms with Gasteiger partial charge < -0.3 is 5.73 Å². The monoisotopic (exact) mass is 246 g/mol. The van der Waals surface area contributed by atoms with Gasteiger partial charge in [0.25, 0.3) is 0 Å². The summed E-state index contributed by atoms with van der Waals surface area (Å²) in [5.74, 6) is 0.683. The van der Waals surface area contributed by atoms with Gasteiger partial charge in [-0.3, -0.25) is 4.90 Å². The molecule has 1 fully saturated rings. The standard InChI is InChI=1S/C10H19BrN2/c1-8(11)6-13-7-10(5-12)4-3-9(13)2/h9-10H,1,3-7,12H2,2H3. The van der Waals surface area contributed by atoms with E-state index in [-0.39, 0.29) is 0 Å². The van der Waals surface area contributed by atoms with Gasteiger partial charge in [-0.15, -0.1) is 0 Å². The summed E-state index contributed by atoms with van der Waals surface area (Å²) >= 11 is 3.41. The fourth-order valence-electron chi connectivity index (χ4n) is 1.90. The number of nitrogens with zero attached hydrogens (tertiary/aromatic N) is 1. The molecule has 1 saturated heterocycles. The van der Waals surface area contributed by atoms with E-state index >= 15 is 0 Å². The molecule has 1 heterocycles. The Labute approximate surface area is 89.3 Å². The zero-order chi connectivity index (χ0) is 9.84. The molecule has 2 atom stereocenters. The average Bonchev–Trinajstić information content (AvgIpc) is 2.08. The highest BCUT2D eigenvalue weighted by Crippen LogP contribution is 2.22. The van der Waals surface area contributed by atoms with Crippen molar-refractivity contribution in [3.05, 3.63) is 11.1 Å². The topological polar surface area (TPSA) is 29.3 Å². The molecule has 0 spiro atoms. The molecule has 13 heavy (non-hydrogen) atoms. The van der Waals surface area contributed by atoms with E-state index in [0.717, 1.165) is 24.1 Å². The summed E-state index contributed by atoms with van der Waals surface area (Å²) in [5.41, 5.74) is 5.68. The molecule has 1 rings (SSSR count). The van der Waals surface area contributed by atoms with Crippen molar-refractivity contribution in [3.8, 4) is 0 Å². The minimum atomic E-state index is 0.678. The highest BCUT2D eigenvalue weighted by Gasteiger charge is 2.24. The van der Waals surface area contributed by atoms with E-state index in [9.17, 15) is 0 Å². The maximum absolute atomic E-state index is 5.68. The van der Waals surface area contributed by atoms with Gasteiger partial charge in [0.15, 0.2) is 0 Å². The van der Waals surface area contributed by atoms with Gasteiger partial charge in [-0.1, -0.05) is 22.5 Å². The highest BCUT2D eigenvalue weighted by atomic mass is 79.9. The van der Waals surface area contributed by atoms with Gasteiger partial charge in [0, 0.05) is 23.6 Å². The number of rotatable bonds is 3. The van der Waals surface area contributed by atoms with Crippen molar-refractivity contribution < 1.29 is 0 Å². The molecule has 0 radical (unpaired) electrons. The Morgan fingerprint density at radius 3 is 2.85 bits per heavy atom. The van der Waals surface area contributed by atoms with Crippen molar-refractivity contribution in [1.29, 1.82) is 0 Å². The van der Waals surface area contributed by atoms with E-state index < -0.39 is 0 Å². The van der Waals surface area contributed by atoms with Crippen LogP contribution in [0, 0.1) is 5.92 Å². The average molecular weight is 247 g/mol. The SMILES string of the molecule is C=C(Br)CN1CC(CN)CCC1C. The number of nitrogens with two attached hydrogens (primary N) is 1. The Hall–Kier alpha value is 0.140. The van der Waals surface area contributed by atoms with E-state index in [1.807, 2.05) is 0 Å². The summed E-state index contributed by atoms with van der Waals surface area (Å²) < 4.78 is 1.07. The largest absolute Gasteiger partial charge is 0.330 e. The van der Waals surface area contributed by atoms with Crippen LogP contribution in [0.4, 0.5) is 0 Å². The third-order valence-corrected chi connectivity index (χ3v) is 3.07. The predicted octanol–water partition coefficient (Wildman–Crippen LogP) is 1.95. The lowest BCUT2D eigenvalue weighted by Gasteiger charge is -2.37. The molecule has 1 aliphatic heterocycles. The van der Waals surface area contributed by atoms with Gasteiger partial charge in [0.1, 0.15) is 0 Å². The van der Waals surface area contributed by atoms with E-state index in [2.05, 4.69) is 34.3 Å². The maximum atomic E-state index is 5.68. The molecule has 0 aromatic rings. The van der Waals surface area contributed by atoms with Gasteiger partial charge in [-0.05, 0) is 32.2 Å². The lowest BCUT2D eigenvalue weighted by atomic mass is 9.93. The van der Waals surface area contributed by atoms with Crippen LogP contribution in [0.15, 0.2) is 11.1 Å². The quantitative estimate of drug-likeness (QED) is 0.826. The molecule has 0 bridgehead atoms. The smallest absolute Gasteiger partial charge is 0.0296 e. The minimum Gasteiger partial charge on any atom is -0.330 e. The van der Waals surface area contributed by atoms with Crippen LogP contribution in [0.5, 0.6) is 0 Å². The van der Waals surface area contributed by atoms with Crippen molar-refractivity contribution >= 4 is 15.9 Å². The number of halogens is 1. The first-order valence-electron chi connectivity index (χ1n) is 4.91. The Balaban J connectivity index is 2.44. The molecule has 76 valence electrons. The normalized spacial score (nSPS) is 30.4. The first-order valence-corrected chi connectivity index (χ1v) is 5.70. The van der Waals surface area contributed by atoms with Gasteiger partial charge >= 0.3 is 0 Å². The van der Waals surface area contributed by atoms with E-state index in [0.29, 0.717) is 12.0 Å². The highest BCUT2D eigenvalue weighted by molar-refractivity contribution is 9.11. The number of hydrogen-bond acceptors (Lipinski definition) is 2. The van der Waals surface area contributed by atoms with Crippen molar-refractivity contribution in [3.63, 3.8) is 0 Å². The van der Waals surface area contributed by atoms with Crippen LogP contribution < -0.4 is 5.73 Å². The lowest BCUT2D eigenvalue weighted by molar-refractivity contribution is 0.134. The van der Waals surface area contributed by atoms with E-state index in [1.165, 1.54) is 12.8 Å². The molecular weight excluding hydrogens is 228 g/mol. The van der Waals surface area contributed by atoms with Gasteiger partial charge in [-0.25, -0.2) is 0 Å². The van der Waals surface area contributed by atoms with Crippen LogP contribution in [-0.4, -0.2) is 30.6 Å². The molecule has 2 nitrogen and oxygen atoms in total. The zero-order valence-corrected chi connectivity index (χ0v) is 9.89. The van der Waals surface area contributed by atoms with E-state index in [1.54, 1.807) is 0 Å². The van der Waals surface area contributed by atoms with Crippen LogP contribution in [0.25, 0.3) is 0 Å². The summed E-state index contributed by atoms with van der Waals surface area (Å²) in [6.45, 7) is 9.06. The van der Waals surface area contributed by atoms with Gasteiger partial charge in [0.05, 0.1) is 0 Å². The predicted molar refractivity (Wildman–Crippen MR) is 60.9 cm³/mol. The fourth-order valence-corrected chi connectivity index (χ4v) is 2.22. The van der Waals surface area contributed by atoms with Crippen LogP contribution in [0.2, 0.25) is 0 Å². The zero-order valence-electron chi connectivity index (χ0n) is 8.30. The van der Waals surface area contributed by atoms with Gasteiger partial charge in [-0.2, -0.15) is 0 Å². The lowest BCUT2D eigenvalue weighted by Crippen LogP contribution is -2.44. The van der Waals surface area contributed by atoms with E-state index in [4.69, 9.17) is 5.73 Å². The molecular formula is C10H19BrN2. The van der Waals surface area contributed by atoms with Crippen LogP contribution in [-0.2, 0) is 0 Å². The molecule has 2 N–H and O–H groups in total. The minimum absolute atomic E-state index is 0.678. The van der Waals surface area contributed by atoms with Crippen molar-refractivity contribution in [2.75, 3.05) is 19.6 Å². The Kier molecular flexibility index (Phi) is 4.42. The summed E-state index contributed by atoms with van der Waals surface area (Å²) in [4.78, 5) is 2.46. The second-order valence-electron chi connectivity index (χ2n) is 3.97. The van der Waals surface area contributed by atoms with Crippen molar-refractivity contribution in [2.24, 2.45) is 11.7 Å². The Bertz CT molecular complexity index is 182. The molecule has 0 aromatic carbocycles. The molecule has 2 unspecified atom stereocenters. The molecule has 0 aliphatic carbocycles. The van der Waals surface area contributed by atoms with Crippen LogP contribution in [0.3, 0.4) is 0 Å². The number of piperidine rings is 1. The maximum Gasteiger partial charge on any atom is 0.0296 e. The Morgan fingerprint density at radius 1 is 1.62 bits per heavy atom. The summed E-state index contributed by atoms with van der Waals surface area (Å²) in [5, 5.41) is 0. The molecule has 0 amide bonds. The van der Waals surface area contributed by atoms with Crippen molar-refractivity contribution in [1.82, 2.24) is 4.90 Å². The third kappa shape index (κ3) is 3.41. The van der Waals surface area contributed by atoms with Gasteiger partial charge in [0.2, 0.25) is 0 Å². The molecule has 3 heteroatoms. The van der Waals surface area contributed by atoms with Crippen LogP contribution in [0.1, 0.15) is 19.8 Å². The summed E-state index contributed by atoms with van der Waals surface area (Å²) in [6.07, 6.45) is 2.55. The molecule has 0 aromatic heterocycles. The number of likely N-dealkylation sites (tertiary alicyclic amines) is 1. The number of hydrogen-bond donors (Lipinski definition) is 1. The first-order chi connectivity index (χ1) is 6.13. The summed E-state index contributed by atoms with van der Waals surface area (Å²) in [7, 11) is 0. The third-order valence-electron chi connectivity index (χ3n) is 2.82. The molecule has 0 saturated carbocycles. The second kappa shape index (κ2) is 5.13. The van der Waals surface area contributed by atoms with Crippen molar-refractivity contribution in [2.45, 2.75) is 25.8 Å². The fraction of sp³-hybridized carbons (Fsp3) is 0.800. The first kappa shape index (κ1) is 11.2. The van der Waals surface area contributed by atoms with Crippen LogP contribution >= 0.6 is 15.9 Å². The molecule has 1 aliphatic rings.